The predicted octanol–water partition coefficient (Wildman–Crippen LogP) is 4.40. The van der Waals surface area contributed by atoms with E-state index < -0.39 is 0 Å². The van der Waals surface area contributed by atoms with Crippen molar-refractivity contribution in [2.24, 2.45) is 5.92 Å². The first-order valence-electron chi connectivity index (χ1n) is 7.06. The van der Waals surface area contributed by atoms with E-state index in [1.54, 1.807) is 0 Å². The zero-order chi connectivity index (χ0) is 13.6. The third-order valence-electron chi connectivity index (χ3n) is 4.18. The van der Waals surface area contributed by atoms with Crippen molar-refractivity contribution in [2.45, 2.75) is 32.7 Å². The Morgan fingerprint density at radius 2 is 2.21 bits per heavy atom. The summed E-state index contributed by atoms with van der Waals surface area (Å²) >= 11 is 6.14. The summed E-state index contributed by atoms with van der Waals surface area (Å²) in [7, 11) is 2.23. The Kier molecular flexibility index (Phi) is 3.32. The molecule has 1 aliphatic heterocycles. The van der Waals surface area contributed by atoms with E-state index in [4.69, 9.17) is 11.6 Å². The number of benzene rings is 1. The molecule has 2 aromatic rings. The standard InChI is InChI=1S/C16H21ClN2/c1-10(2)8-15-16-12(6-7-19(15)3)13-9-11(17)4-5-14(13)18-16/h4-5,9-10,15,18H,6-8H2,1-3H3. The molecular formula is C16H21ClN2. The van der Waals surface area contributed by atoms with Crippen molar-refractivity contribution in [3.8, 4) is 0 Å². The van der Waals surface area contributed by atoms with Crippen LogP contribution in [0.3, 0.4) is 0 Å². The Labute approximate surface area is 119 Å². The monoisotopic (exact) mass is 276 g/mol. The van der Waals surface area contributed by atoms with Crippen molar-refractivity contribution in [3.63, 3.8) is 0 Å². The highest BCUT2D eigenvalue weighted by Gasteiger charge is 2.28. The van der Waals surface area contributed by atoms with E-state index in [2.05, 4.69) is 42.9 Å². The minimum atomic E-state index is 0.509. The molecule has 102 valence electrons. The molecule has 3 heteroatoms. The lowest BCUT2D eigenvalue weighted by molar-refractivity contribution is 0.199. The Bertz CT molecular complexity index is 600. The van der Waals surface area contributed by atoms with E-state index in [9.17, 15) is 0 Å². The average molecular weight is 277 g/mol. The lowest BCUT2D eigenvalue weighted by atomic mass is 9.92. The van der Waals surface area contributed by atoms with Crippen molar-refractivity contribution < 1.29 is 0 Å². The van der Waals surface area contributed by atoms with Crippen LogP contribution in [-0.4, -0.2) is 23.5 Å². The molecule has 0 bridgehead atoms. The minimum absolute atomic E-state index is 0.509. The van der Waals surface area contributed by atoms with Crippen molar-refractivity contribution >= 4 is 22.5 Å². The molecule has 2 heterocycles. The van der Waals surface area contributed by atoms with Crippen molar-refractivity contribution in [2.75, 3.05) is 13.6 Å². The molecule has 3 rings (SSSR count). The Morgan fingerprint density at radius 3 is 2.95 bits per heavy atom. The normalized spacial score (nSPS) is 20.2. The van der Waals surface area contributed by atoms with Gasteiger partial charge in [-0.3, -0.25) is 4.90 Å². The molecule has 1 aromatic heterocycles. The molecule has 0 aliphatic carbocycles. The lowest BCUT2D eigenvalue weighted by Gasteiger charge is -2.33. The molecule has 1 unspecified atom stereocenters. The van der Waals surface area contributed by atoms with Gasteiger partial charge in [-0.15, -0.1) is 0 Å². The molecule has 1 atom stereocenters. The van der Waals surface area contributed by atoms with Crippen LogP contribution in [0.1, 0.15) is 37.6 Å². The van der Waals surface area contributed by atoms with E-state index in [1.807, 2.05) is 6.07 Å². The number of fused-ring (bicyclic) bond motifs is 3. The smallest absolute Gasteiger partial charge is 0.0501 e. The largest absolute Gasteiger partial charge is 0.357 e. The van der Waals surface area contributed by atoms with Gasteiger partial charge in [0.25, 0.3) is 0 Å². The quantitative estimate of drug-likeness (QED) is 0.862. The van der Waals surface area contributed by atoms with Gasteiger partial charge in [0.15, 0.2) is 0 Å². The molecule has 1 N–H and O–H groups in total. The van der Waals surface area contributed by atoms with E-state index in [1.165, 1.54) is 28.6 Å². The number of aromatic amines is 1. The van der Waals surface area contributed by atoms with Gasteiger partial charge in [-0.25, -0.2) is 0 Å². The molecule has 0 amide bonds. The second-order valence-corrected chi connectivity index (χ2v) is 6.52. The van der Waals surface area contributed by atoms with Gasteiger partial charge < -0.3 is 4.98 Å². The number of likely N-dealkylation sites (N-methyl/N-ethyl adjacent to an activating group) is 1. The topological polar surface area (TPSA) is 19.0 Å². The highest BCUT2D eigenvalue weighted by molar-refractivity contribution is 6.31. The van der Waals surface area contributed by atoms with E-state index in [0.29, 0.717) is 12.0 Å². The fourth-order valence-corrected chi connectivity index (χ4v) is 3.38. The summed E-state index contributed by atoms with van der Waals surface area (Å²) in [5.41, 5.74) is 4.10. The zero-order valence-electron chi connectivity index (χ0n) is 11.8. The number of nitrogens with zero attached hydrogens (tertiary/aromatic N) is 1. The van der Waals surface area contributed by atoms with E-state index >= 15 is 0 Å². The SMILES string of the molecule is CC(C)CC1c2[nH]c3ccc(Cl)cc3c2CCN1C. The maximum absolute atomic E-state index is 6.14. The first kappa shape index (κ1) is 13.0. The summed E-state index contributed by atoms with van der Waals surface area (Å²) in [6.45, 7) is 5.72. The van der Waals surface area contributed by atoms with Gasteiger partial charge in [0.05, 0.1) is 6.04 Å². The Hall–Kier alpha value is -0.990. The average Bonchev–Trinajstić information content (AvgIpc) is 2.70. The van der Waals surface area contributed by atoms with Crippen molar-refractivity contribution in [1.29, 1.82) is 0 Å². The Balaban J connectivity index is 2.12. The minimum Gasteiger partial charge on any atom is -0.357 e. The highest BCUT2D eigenvalue weighted by atomic mass is 35.5. The molecule has 1 aromatic carbocycles. The van der Waals surface area contributed by atoms with Crippen LogP contribution in [0, 0.1) is 5.92 Å². The molecule has 0 fully saturated rings. The van der Waals surface area contributed by atoms with E-state index in [0.717, 1.165) is 18.0 Å². The van der Waals surface area contributed by atoms with Crippen LogP contribution in [0.2, 0.25) is 5.02 Å². The van der Waals surface area contributed by atoms with Crippen molar-refractivity contribution in [1.82, 2.24) is 9.88 Å². The molecule has 0 spiro atoms. The zero-order valence-corrected chi connectivity index (χ0v) is 12.6. The number of aromatic nitrogens is 1. The Morgan fingerprint density at radius 1 is 1.42 bits per heavy atom. The maximum Gasteiger partial charge on any atom is 0.0501 e. The number of rotatable bonds is 2. The number of halogens is 1. The highest BCUT2D eigenvalue weighted by Crippen LogP contribution is 2.37. The van der Waals surface area contributed by atoms with Crippen LogP contribution in [0.25, 0.3) is 10.9 Å². The van der Waals surface area contributed by atoms with Crippen molar-refractivity contribution in [3.05, 3.63) is 34.5 Å². The van der Waals surface area contributed by atoms with Gasteiger partial charge in [0.1, 0.15) is 0 Å². The maximum atomic E-state index is 6.14. The number of hydrogen-bond donors (Lipinski definition) is 1. The molecule has 0 saturated carbocycles. The predicted molar refractivity (Wildman–Crippen MR) is 81.8 cm³/mol. The number of nitrogens with one attached hydrogen (secondary N) is 1. The summed E-state index contributed by atoms with van der Waals surface area (Å²) in [5.74, 6) is 0.702. The molecule has 0 radical (unpaired) electrons. The van der Waals surface area contributed by atoms with Crippen LogP contribution < -0.4 is 0 Å². The molecule has 1 aliphatic rings. The number of H-pyrrole nitrogens is 1. The van der Waals surface area contributed by atoms with Crippen LogP contribution in [0.5, 0.6) is 0 Å². The first-order chi connectivity index (χ1) is 9.06. The van der Waals surface area contributed by atoms with Gasteiger partial charge >= 0.3 is 0 Å². The summed E-state index contributed by atoms with van der Waals surface area (Å²) < 4.78 is 0. The second kappa shape index (κ2) is 4.84. The van der Waals surface area contributed by atoms with Gasteiger partial charge in [0.2, 0.25) is 0 Å². The molecule has 0 saturated heterocycles. The van der Waals surface area contributed by atoms with Gasteiger partial charge in [-0.1, -0.05) is 25.4 Å². The van der Waals surface area contributed by atoms with Crippen LogP contribution in [0.4, 0.5) is 0 Å². The summed E-state index contributed by atoms with van der Waals surface area (Å²) in [6.07, 6.45) is 2.31. The molecular weight excluding hydrogens is 256 g/mol. The second-order valence-electron chi connectivity index (χ2n) is 6.08. The van der Waals surface area contributed by atoms with E-state index in [-0.39, 0.29) is 0 Å². The van der Waals surface area contributed by atoms with Gasteiger partial charge in [-0.05, 0) is 49.6 Å². The number of hydrogen-bond acceptors (Lipinski definition) is 1. The van der Waals surface area contributed by atoms with Crippen LogP contribution >= 0.6 is 11.6 Å². The fourth-order valence-electron chi connectivity index (χ4n) is 3.20. The van der Waals surface area contributed by atoms with Crippen LogP contribution in [-0.2, 0) is 6.42 Å². The third-order valence-corrected chi connectivity index (χ3v) is 4.41. The van der Waals surface area contributed by atoms with Gasteiger partial charge in [-0.2, -0.15) is 0 Å². The fraction of sp³-hybridized carbons (Fsp3) is 0.500. The molecule has 2 nitrogen and oxygen atoms in total. The lowest BCUT2D eigenvalue weighted by Crippen LogP contribution is -2.32. The van der Waals surface area contributed by atoms with Crippen LogP contribution in [0.15, 0.2) is 18.2 Å². The summed E-state index contributed by atoms with van der Waals surface area (Å²) in [5, 5.41) is 2.14. The summed E-state index contributed by atoms with van der Waals surface area (Å²) in [6, 6.07) is 6.68. The third kappa shape index (κ3) is 2.28. The van der Waals surface area contributed by atoms with Gasteiger partial charge in [0, 0.05) is 28.2 Å². The first-order valence-corrected chi connectivity index (χ1v) is 7.44. The molecule has 19 heavy (non-hydrogen) atoms. The summed E-state index contributed by atoms with van der Waals surface area (Å²) in [4.78, 5) is 6.10.